The fourth-order valence-corrected chi connectivity index (χ4v) is 2.10. The van der Waals surface area contributed by atoms with Crippen LogP contribution in [-0.4, -0.2) is 23.1 Å². The summed E-state index contributed by atoms with van der Waals surface area (Å²) < 4.78 is 0.680. The molecule has 0 radical (unpaired) electrons. The van der Waals surface area contributed by atoms with Gasteiger partial charge in [0.1, 0.15) is 5.82 Å². The van der Waals surface area contributed by atoms with Crippen LogP contribution in [0.5, 0.6) is 0 Å². The van der Waals surface area contributed by atoms with E-state index in [9.17, 15) is 0 Å². The smallest absolute Gasteiger partial charge is 0.198 e. The largest absolute Gasteiger partial charge is 0.356 e. The molecule has 1 aromatic heterocycles. The molecule has 1 aromatic rings. The van der Waals surface area contributed by atoms with Gasteiger partial charge in [-0.15, -0.1) is 0 Å². The highest BCUT2D eigenvalue weighted by molar-refractivity contribution is 9.10. The number of aromatic nitrogens is 2. The van der Waals surface area contributed by atoms with Crippen LogP contribution >= 0.6 is 15.9 Å². The zero-order valence-electron chi connectivity index (χ0n) is 8.12. The van der Waals surface area contributed by atoms with E-state index in [0.717, 1.165) is 18.9 Å². The summed E-state index contributed by atoms with van der Waals surface area (Å²) in [5, 5.41) is 0. The van der Waals surface area contributed by atoms with Gasteiger partial charge in [-0.05, 0) is 34.8 Å². The van der Waals surface area contributed by atoms with Gasteiger partial charge in [0.05, 0.1) is 0 Å². The minimum atomic E-state index is 0.680. The van der Waals surface area contributed by atoms with Crippen LogP contribution < -0.4 is 4.90 Å². The van der Waals surface area contributed by atoms with E-state index in [0.29, 0.717) is 4.73 Å². The van der Waals surface area contributed by atoms with Gasteiger partial charge in [-0.2, -0.15) is 0 Å². The zero-order chi connectivity index (χ0) is 9.80. The standard InChI is InChI=1S/C10H14BrN3/c11-10-12-6-5-9(13-10)14-7-3-1-2-4-8-14/h5-6H,1-4,7-8H2. The van der Waals surface area contributed by atoms with Gasteiger partial charge < -0.3 is 4.90 Å². The Labute approximate surface area is 92.7 Å². The van der Waals surface area contributed by atoms with Crippen molar-refractivity contribution in [2.45, 2.75) is 25.7 Å². The van der Waals surface area contributed by atoms with E-state index in [4.69, 9.17) is 0 Å². The van der Waals surface area contributed by atoms with Crippen LogP contribution in [0.15, 0.2) is 17.0 Å². The van der Waals surface area contributed by atoms with E-state index in [-0.39, 0.29) is 0 Å². The van der Waals surface area contributed by atoms with Crippen LogP contribution in [0.2, 0.25) is 0 Å². The third-order valence-electron chi connectivity index (χ3n) is 2.54. The average molecular weight is 256 g/mol. The fraction of sp³-hybridized carbons (Fsp3) is 0.600. The molecular formula is C10H14BrN3. The van der Waals surface area contributed by atoms with Crippen LogP contribution in [0.3, 0.4) is 0 Å². The third kappa shape index (κ3) is 2.44. The van der Waals surface area contributed by atoms with Crippen molar-refractivity contribution in [3.63, 3.8) is 0 Å². The third-order valence-corrected chi connectivity index (χ3v) is 2.92. The minimum Gasteiger partial charge on any atom is -0.356 e. The maximum atomic E-state index is 4.37. The van der Waals surface area contributed by atoms with E-state index in [1.165, 1.54) is 25.7 Å². The molecule has 76 valence electrons. The molecule has 0 amide bonds. The van der Waals surface area contributed by atoms with Crippen molar-refractivity contribution in [3.05, 3.63) is 17.0 Å². The molecule has 0 N–H and O–H groups in total. The van der Waals surface area contributed by atoms with Crippen LogP contribution in [0.25, 0.3) is 0 Å². The predicted octanol–water partition coefficient (Wildman–Crippen LogP) is 2.62. The first kappa shape index (κ1) is 9.90. The lowest BCUT2D eigenvalue weighted by Crippen LogP contribution is -2.24. The first-order valence-electron chi connectivity index (χ1n) is 5.10. The Morgan fingerprint density at radius 3 is 2.50 bits per heavy atom. The monoisotopic (exact) mass is 255 g/mol. The Balaban J connectivity index is 2.12. The van der Waals surface area contributed by atoms with E-state index in [2.05, 4.69) is 30.8 Å². The van der Waals surface area contributed by atoms with Crippen molar-refractivity contribution in [1.29, 1.82) is 0 Å². The summed E-state index contributed by atoms with van der Waals surface area (Å²) in [6.07, 6.45) is 7.06. The molecule has 1 fully saturated rings. The highest BCUT2D eigenvalue weighted by Gasteiger charge is 2.10. The van der Waals surface area contributed by atoms with Crippen molar-refractivity contribution in [1.82, 2.24) is 9.97 Å². The molecule has 2 heterocycles. The highest BCUT2D eigenvalue weighted by Crippen LogP contribution is 2.17. The lowest BCUT2D eigenvalue weighted by atomic mass is 10.2. The summed E-state index contributed by atoms with van der Waals surface area (Å²) in [6.45, 7) is 2.26. The minimum absolute atomic E-state index is 0.680. The van der Waals surface area contributed by atoms with Gasteiger partial charge in [0, 0.05) is 19.3 Å². The molecule has 1 saturated heterocycles. The lowest BCUT2D eigenvalue weighted by molar-refractivity contribution is 0.726. The van der Waals surface area contributed by atoms with E-state index >= 15 is 0 Å². The number of hydrogen-bond donors (Lipinski definition) is 0. The molecule has 0 aromatic carbocycles. The topological polar surface area (TPSA) is 29.0 Å². The van der Waals surface area contributed by atoms with Gasteiger partial charge in [-0.3, -0.25) is 0 Å². The highest BCUT2D eigenvalue weighted by atomic mass is 79.9. The maximum absolute atomic E-state index is 4.37. The SMILES string of the molecule is Brc1nccc(N2CCCCCC2)n1. The average Bonchev–Trinajstić information content (AvgIpc) is 2.45. The summed E-state index contributed by atoms with van der Waals surface area (Å²) >= 11 is 3.30. The Kier molecular flexibility index (Phi) is 3.35. The second kappa shape index (κ2) is 4.73. The van der Waals surface area contributed by atoms with Gasteiger partial charge in [0.15, 0.2) is 4.73 Å². The van der Waals surface area contributed by atoms with Gasteiger partial charge in [0.2, 0.25) is 0 Å². The molecule has 3 nitrogen and oxygen atoms in total. The number of nitrogens with zero attached hydrogens (tertiary/aromatic N) is 3. The van der Waals surface area contributed by atoms with Gasteiger partial charge in [0.25, 0.3) is 0 Å². The summed E-state index contributed by atoms with van der Waals surface area (Å²) in [7, 11) is 0. The first-order valence-corrected chi connectivity index (χ1v) is 5.89. The Bertz CT molecular complexity index is 295. The molecule has 0 spiro atoms. The number of halogens is 1. The molecule has 14 heavy (non-hydrogen) atoms. The molecule has 2 rings (SSSR count). The maximum Gasteiger partial charge on any atom is 0.198 e. The number of rotatable bonds is 1. The van der Waals surface area contributed by atoms with Gasteiger partial charge in [-0.25, -0.2) is 9.97 Å². The summed E-state index contributed by atoms with van der Waals surface area (Å²) in [5.74, 6) is 1.05. The molecule has 0 unspecified atom stereocenters. The molecule has 0 atom stereocenters. The normalized spacial score (nSPS) is 17.9. The molecular weight excluding hydrogens is 242 g/mol. The van der Waals surface area contributed by atoms with Gasteiger partial charge in [-0.1, -0.05) is 12.8 Å². The fourth-order valence-electron chi connectivity index (χ4n) is 1.80. The first-order chi connectivity index (χ1) is 6.86. The predicted molar refractivity (Wildman–Crippen MR) is 60.4 cm³/mol. The van der Waals surface area contributed by atoms with Crippen LogP contribution in [0.1, 0.15) is 25.7 Å². The summed E-state index contributed by atoms with van der Waals surface area (Å²) in [5.41, 5.74) is 0. The molecule has 1 aliphatic rings. The van der Waals surface area contributed by atoms with E-state index < -0.39 is 0 Å². The quantitative estimate of drug-likeness (QED) is 0.723. The molecule has 0 aliphatic carbocycles. The molecule has 1 aliphatic heterocycles. The van der Waals surface area contributed by atoms with E-state index in [1.807, 2.05) is 6.07 Å². The molecule has 0 bridgehead atoms. The summed E-state index contributed by atoms with van der Waals surface area (Å²) in [6, 6.07) is 1.98. The number of hydrogen-bond acceptors (Lipinski definition) is 3. The van der Waals surface area contributed by atoms with Gasteiger partial charge >= 0.3 is 0 Å². The molecule has 0 saturated carbocycles. The van der Waals surface area contributed by atoms with Crippen molar-refractivity contribution < 1.29 is 0 Å². The second-order valence-electron chi connectivity index (χ2n) is 3.59. The van der Waals surface area contributed by atoms with Crippen LogP contribution in [0.4, 0.5) is 5.82 Å². The number of anilines is 1. The van der Waals surface area contributed by atoms with Crippen LogP contribution in [0, 0.1) is 0 Å². The lowest BCUT2D eigenvalue weighted by Gasteiger charge is -2.20. The zero-order valence-corrected chi connectivity index (χ0v) is 9.70. The second-order valence-corrected chi connectivity index (χ2v) is 4.29. The Hall–Kier alpha value is -0.640. The van der Waals surface area contributed by atoms with Crippen molar-refractivity contribution >= 4 is 21.7 Å². The van der Waals surface area contributed by atoms with E-state index in [1.54, 1.807) is 6.20 Å². The Morgan fingerprint density at radius 2 is 1.86 bits per heavy atom. The molecule has 4 heteroatoms. The summed E-state index contributed by atoms with van der Waals surface area (Å²) in [4.78, 5) is 10.8. The van der Waals surface area contributed by atoms with Crippen molar-refractivity contribution in [2.24, 2.45) is 0 Å². The van der Waals surface area contributed by atoms with Crippen molar-refractivity contribution in [3.8, 4) is 0 Å². The van der Waals surface area contributed by atoms with Crippen molar-refractivity contribution in [2.75, 3.05) is 18.0 Å². The van der Waals surface area contributed by atoms with Crippen LogP contribution in [-0.2, 0) is 0 Å². The Morgan fingerprint density at radius 1 is 1.14 bits per heavy atom.